The van der Waals surface area contributed by atoms with Crippen molar-refractivity contribution in [1.82, 2.24) is 10.6 Å². The monoisotopic (exact) mass is 400 g/mol. The number of nitrogens with one attached hydrogen (secondary N) is 2. The number of fused-ring (bicyclic) bond motifs is 1. The van der Waals surface area contributed by atoms with Gasteiger partial charge in [0.25, 0.3) is 11.8 Å². The van der Waals surface area contributed by atoms with Gasteiger partial charge in [-0.1, -0.05) is 6.07 Å². The molecule has 3 rings (SSSR count). The minimum absolute atomic E-state index is 0.0257. The van der Waals surface area contributed by atoms with E-state index in [4.69, 9.17) is 18.6 Å². The second-order valence-electron chi connectivity index (χ2n) is 6.05. The number of ether oxygens (including phenoxy) is 3. The molecule has 2 heterocycles. The number of amides is 2. The van der Waals surface area contributed by atoms with Crippen molar-refractivity contribution >= 4 is 23.9 Å². The molecule has 1 aromatic carbocycles. The van der Waals surface area contributed by atoms with E-state index in [0.29, 0.717) is 23.5 Å². The maximum Gasteiger partial charge on any atom is 0.302 e. The van der Waals surface area contributed by atoms with Crippen molar-refractivity contribution in [3.05, 3.63) is 53.6 Å². The summed E-state index contributed by atoms with van der Waals surface area (Å²) >= 11 is 0. The zero-order valence-electron chi connectivity index (χ0n) is 15.7. The minimum atomic E-state index is -0.558. The molecule has 0 atom stereocenters. The predicted molar refractivity (Wildman–Crippen MR) is 101 cm³/mol. The van der Waals surface area contributed by atoms with E-state index in [1.54, 1.807) is 24.3 Å². The first kappa shape index (κ1) is 20.0. The maximum atomic E-state index is 12.6. The number of benzene rings is 1. The summed E-state index contributed by atoms with van der Waals surface area (Å²) in [4.78, 5) is 35.7. The first-order valence-corrected chi connectivity index (χ1v) is 8.90. The van der Waals surface area contributed by atoms with Gasteiger partial charge in [-0.15, -0.1) is 0 Å². The molecule has 0 aliphatic carbocycles. The van der Waals surface area contributed by atoms with Crippen LogP contribution in [0.25, 0.3) is 6.08 Å². The number of esters is 1. The van der Waals surface area contributed by atoms with Gasteiger partial charge in [0.15, 0.2) is 17.3 Å². The number of hydrogen-bond donors (Lipinski definition) is 2. The second-order valence-corrected chi connectivity index (χ2v) is 6.05. The first-order valence-electron chi connectivity index (χ1n) is 8.90. The molecular weight excluding hydrogens is 380 g/mol. The van der Waals surface area contributed by atoms with Crippen molar-refractivity contribution in [2.75, 3.05) is 19.9 Å². The summed E-state index contributed by atoms with van der Waals surface area (Å²) in [6.07, 6.45) is 3.32. The highest BCUT2D eigenvalue weighted by Gasteiger charge is 2.18. The molecule has 0 fully saturated rings. The SMILES string of the molecule is CC(=O)OCCCNC(=O)C(=Cc1ccc2c(c1)OCO2)NC(=O)c1ccco1. The van der Waals surface area contributed by atoms with Crippen molar-refractivity contribution in [3.8, 4) is 11.5 Å². The van der Waals surface area contributed by atoms with Gasteiger partial charge >= 0.3 is 5.97 Å². The number of carbonyl (C=O) groups is 3. The summed E-state index contributed by atoms with van der Waals surface area (Å²) in [6.45, 7) is 1.90. The van der Waals surface area contributed by atoms with Crippen LogP contribution in [-0.2, 0) is 14.3 Å². The Labute approximate surface area is 166 Å². The Bertz CT molecular complexity index is 919. The summed E-state index contributed by atoms with van der Waals surface area (Å²) in [5, 5.41) is 5.23. The number of carbonyl (C=O) groups excluding carboxylic acids is 3. The fourth-order valence-corrected chi connectivity index (χ4v) is 2.50. The Morgan fingerprint density at radius 3 is 2.76 bits per heavy atom. The average molecular weight is 400 g/mol. The molecular formula is C20H20N2O7. The third kappa shape index (κ3) is 5.61. The normalized spacial score (nSPS) is 12.4. The molecule has 0 radical (unpaired) electrons. The molecule has 9 heteroatoms. The third-order valence-electron chi connectivity index (χ3n) is 3.86. The van der Waals surface area contributed by atoms with Crippen molar-refractivity contribution in [3.63, 3.8) is 0 Å². The molecule has 2 aromatic rings. The molecule has 29 heavy (non-hydrogen) atoms. The molecule has 0 spiro atoms. The van der Waals surface area contributed by atoms with Gasteiger partial charge in [0.2, 0.25) is 6.79 Å². The standard InChI is InChI=1S/C20H20N2O7/c1-13(23)26-9-3-7-21-19(24)15(22-20(25)17-4-2-8-27-17)10-14-5-6-16-18(11-14)29-12-28-16/h2,4-6,8,10-11H,3,7,9,12H2,1H3,(H,21,24)(H,22,25). The van der Waals surface area contributed by atoms with Crippen molar-refractivity contribution < 1.29 is 33.0 Å². The maximum absolute atomic E-state index is 12.6. The Hall–Kier alpha value is -3.75. The number of furan rings is 1. The average Bonchev–Trinajstić information content (AvgIpc) is 3.38. The van der Waals surface area contributed by atoms with Crippen LogP contribution in [0.1, 0.15) is 29.5 Å². The molecule has 2 amide bonds. The van der Waals surface area contributed by atoms with Crippen LogP contribution in [0.3, 0.4) is 0 Å². The topological polar surface area (TPSA) is 116 Å². The van der Waals surface area contributed by atoms with Crippen LogP contribution in [0.4, 0.5) is 0 Å². The first-order chi connectivity index (χ1) is 14.0. The van der Waals surface area contributed by atoms with Crippen LogP contribution in [0.15, 0.2) is 46.7 Å². The molecule has 1 aliphatic rings. The molecule has 1 aliphatic heterocycles. The van der Waals surface area contributed by atoms with Crippen LogP contribution in [0.5, 0.6) is 11.5 Å². The molecule has 1 aromatic heterocycles. The molecule has 2 N–H and O–H groups in total. The lowest BCUT2D eigenvalue weighted by Gasteiger charge is -2.10. The van der Waals surface area contributed by atoms with Gasteiger partial charge in [0, 0.05) is 13.5 Å². The lowest BCUT2D eigenvalue weighted by molar-refractivity contribution is -0.141. The summed E-state index contributed by atoms with van der Waals surface area (Å²) in [5.41, 5.74) is 0.664. The van der Waals surface area contributed by atoms with Gasteiger partial charge in [-0.25, -0.2) is 0 Å². The quantitative estimate of drug-likeness (QED) is 0.395. The van der Waals surface area contributed by atoms with Crippen LogP contribution >= 0.6 is 0 Å². The number of rotatable bonds is 8. The zero-order valence-corrected chi connectivity index (χ0v) is 15.7. The van der Waals surface area contributed by atoms with E-state index in [1.807, 2.05) is 0 Å². The van der Waals surface area contributed by atoms with Crippen molar-refractivity contribution in [2.24, 2.45) is 0 Å². The number of hydrogen-bond acceptors (Lipinski definition) is 7. The highest BCUT2D eigenvalue weighted by molar-refractivity contribution is 6.04. The minimum Gasteiger partial charge on any atom is -0.466 e. The van der Waals surface area contributed by atoms with Crippen molar-refractivity contribution in [1.29, 1.82) is 0 Å². The Kier molecular flexibility index (Phi) is 6.51. The van der Waals surface area contributed by atoms with E-state index in [-0.39, 0.29) is 37.4 Å². The zero-order chi connectivity index (χ0) is 20.6. The van der Waals surface area contributed by atoms with Crippen LogP contribution in [-0.4, -0.2) is 37.7 Å². The van der Waals surface area contributed by atoms with E-state index in [2.05, 4.69) is 10.6 Å². The molecule has 0 saturated heterocycles. The predicted octanol–water partition coefficient (Wildman–Crippen LogP) is 1.85. The summed E-state index contributed by atoms with van der Waals surface area (Å²) in [6, 6.07) is 8.23. The Morgan fingerprint density at radius 2 is 2.00 bits per heavy atom. The van der Waals surface area contributed by atoms with Gasteiger partial charge in [-0.2, -0.15) is 0 Å². The van der Waals surface area contributed by atoms with Gasteiger partial charge in [0.1, 0.15) is 5.70 Å². The van der Waals surface area contributed by atoms with Crippen molar-refractivity contribution in [2.45, 2.75) is 13.3 Å². The molecule has 152 valence electrons. The smallest absolute Gasteiger partial charge is 0.302 e. The van der Waals surface area contributed by atoms with Gasteiger partial charge in [-0.3, -0.25) is 14.4 Å². The summed E-state index contributed by atoms with van der Waals surface area (Å²) in [7, 11) is 0. The van der Waals surface area contributed by atoms with E-state index < -0.39 is 11.8 Å². The molecule has 0 bridgehead atoms. The van der Waals surface area contributed by atoms with Gasteiger partial charge in [0.05, 0.1) is 12.9 Å². The van der Waals surface area contributed by atoms with E-state index in [0.717, 1.165) is 0 Å². The fraction of sp³-hybridized carbons (Fsp3) is 0.250. The molecule has 0 saturated carbocycles. The second kappa shape index (κ2) is 9.45. The summed E-state index contributed by atoms with van der Waals surface area (Å²) < 4.78 is 20.5. The van der Waals surface area contributed by atoms with Crippen LogP contribution < -0.4 is 20.1 Å². The van der Waals surface area contributed by atoms with Crippen LogP contribution in [0, 0.1) is 0 Å². The Morgan fingerprint density at radius 1 is 1.17 bits per heavy atom. The van der Waals surface area contributed by atoms with Gasteiger partial charge < -0.3 is 29.3 Å². The van der Waals surface area contributed by atoms with E-state index in [9.17, 15) is 14.4 Å². The fourth-order valence-electron chi connectivity index (χ4n) is 2.50. The molecule has 9 nitrogen and oxygen atoms in total. The highest BCUT2D eigenvalue weighted by Crippen LogP contribution is 2.33. The summed E-state index contributed by atoms with van der Waals surface area (Å²) in [5.74, 6) is -0.201. The van der Waals surface area contributed by atoms with E-state index >= 15 is 0 Å². The largest absolute Gasteiger partial charge is 0.466 e. The van der Waals surface area contributed by atoms with Crippen LogP contribution in [0.2, 0.25) is 0 Å². The van der Waals surface area contributed by atoms with Gasteiger partial charge in [-0.05, 0) is 42.3 Å². The third-order valence-corrected chi connectivity index (χ3v) is 3.86. The highest BCUT2D eigenvalue weighted by atomic mass is 16.7. The lowest BCUT2D eigenvalue weighted by atomic mass is 10.1. The lowest BCUT2D eigenvalue weighted by Crippen LogP contribution is -2.35. The molecule has 0 unspecified atom stereocenters. The Balaban J connectivity index is 1.71. The van der Waals surface area contributed by atoms with E-state index in [1.165, 1.54) is 25.3 Å².